The Hall–Kier alpha value is -2.44. The molecule has 0 aliphatic carbocycles. The summed E-state index contributed by atoms with van der Waals surface area (Å²) in [7, 11) is -4.21. The minimum absolute atomic E-state index is 0.220. The van der Waals surface area contributed by atoms with Crippen molar-refractivity contribution in [1.82, 2.24) is 0 Å². The van der Waals surface area contributed by atoms with Crippen LogP contribution in [0, 0.1) is 0 Å². The number of hydrogen-bond acceptors (Lipinski definition) is 4. The van der Waals surface area contributed by atoms with E-state index in [1.54, 1.807) is 0 Å². The van der Waals surface area contributed by atoms with E-state index in [2.05, 4.69) is 29.8 Å². The Kier molecular flexibility index (Phi) is 5.48. The average molecular weight is 385 g/mol. The lowest BCUT2D eigenvalue weighted by Crippen LogP contribution is -2.28. The summed E-state index contributed by atoms with van der Waals surface area (Å²) in [6.07, 6.45) is 4.22. The molecule has 6 heteroatoms. The second kappa shape index (κ2) is 7.66. The van der Waals surface area contributed by atoms with E-state index in [1.807, 2.05) is 60.8 Å². The summed E-state index contributed by atoms with van der Waals surface area (Å²) >= 11 is 0. The van der Waals surface area contributed by atoms with Gasteiger partial charge in [-0.15, -0.1) is 0 Å². The molecule has 0 spiro atoms. The molecule has 1 aliphatic rings. The van der Waals surface area contributed by atoms with Crippen LogP contribution < -0.4 is 5.32 Å². The van der Waals surface area contributed by atoms with E-state index in [4.69, 9.17) is 0 Å². The predicted molar refractivity (Wildman–Crippen MR) is 108 cm³/mol. The molecule has 0 amide bonds. The molecule has 2 aromatic carbocycles. The third-order valence-corrected chi connectivity index (χ3v) is 5.63. The lowest BCUT2D eigenvalue weighted by molar-refractivity contribution is -0.437. The molecule has 0 saturated carbocycles. The molecule has 27 heavy (non-hydrogen) atoms. The highest BCUT2D eigenvalue weighted by atomic mass is 32.2. The van der Waals surface area contributed by atoms with Gasteiger partial charge in [0.2, 0.25) is 5.69 Å². The number of rotatable bonds is 7. The maximum absolute atomic E-state index is 11.0. The second-order valence-electron chi connectivity index (χ2n) is 7.14. The lowest BCUT2D eigenvalue weighted by atomic mass is 9.81. The summed E-state index contributed by atoms with van der Waals surface area (Å²) in [4.78, 5) is 0. The molecule has 1 aliphatic heterocycles. The van der Waals surface area contributed by atoms with Crippen LogP contribution in [-0.2, 0) is 15.5 Å². The van der Waals surface area contributed by atoms with Crippen molar-refractivity contribution in [3.05, 3.63) is 72.4 Å². The van der Waals surface area contributed by atoms with Gasteiger partial charge in [0, 0.05) is 41.8 Å². The quantitative estimate of drug-likeness (QED) is 0.584. The maximum atomic E-state index is 11.0. The van der Waals surface area contributed by atoms with Crippen molar-refractivity contribution in [2.24, 2.45) is 0 Å². The van der Waals surface area contributed by atoms with Crippen molar-refractivity contribution in [2.45, 2.75) is 25.7 Å². The predicted octanol–water partition coefficient (Wildman–Crippen LogP) is 3.62. The molecular weight excluding hydrogens is 360 g/mol. The molecule has 0 unspecified atom stereocenters. The number of allylic oxidation sites excluding steroid dienone is 1. The van der Waals surface area contributed by atoms with Gasteiger partial charge >= 0.3 is 0 Å². The van der Waals surface area contributed by atoms with E-state index in [0.29, 0.717) is 13.0 Å². The Morgan fingerprint density at radius 1 is 1.07 bits per heavy atom. The third-order valence-electron chi connectivity index (χ3n) is 4.84. The maximum Gasteiger partial charge on any atom is 0.209 e. The summed E-state index contributed by atoms with van der Waals surface area (Å²) in [6, 6.07) is 18.0. The molecule has 1 heterocycles. The molecule has 142 valence electrons. The minimum atomic E-state index is -4.21. The van der Waals surface area contributed by atoms with Crippen LogP contribution in [-0.4, -0.2) is 35.6 Å². The number of nitrogens with zero attached hydrogens (tertiary/aromatic N) is 1. The zero-order chi connectivity index (χ0) is 19.5. The highest BCUT2D eigenvalue weighted by molar-refractivity contribution is 7.85. The first-order valence-corrected chi connectivity index (χ1v) is 10.5. The van der Waals surface area contributed by atoms with Crippen LogP contribution in [0.25, 0.3) is 0 Å². The molecule has 0 radical (unpaired) electrons. The number of para-hydroxylation sites is 2. The van der Waals surface area contributed by atoms with E-state index < -0.39 is 10.1 Å². The van der Waals surface area contributed by atoms with Gasteiger partial charge in [-0.3, -0.25) is 0 Å². The Morgan fingerprint density at radius 3 is 2.44 bits per heavy atom. The number of anilines is 1. The molecule has 2 aromatic rings. The first kappa shape index (κ1) is 19.3. The number of fused-ring (bicyclic) bond motifs is 1. The van der Waals surface area contributed by atoms with Gasteiger partial charge in [-0.1, -0.05) is 36.4 Å². The van der Waals surface area contributed by atoms with Crippen LogP contribution >= 0.6 is 0 Å². The third kappa shape index (κ3) is 4.46. The summed E-state index contributed by atoms with van der Waals surface area (Å²) in [5, 5.41) is 3.26. The van der Waals surface area contributed by atoms with Gasteiger partial charge in [0.05, 0.1) is 15.5 Å². The van der Waals surface area contributed by atoms with Crippen molar-refractivity contribution in [3.8, 4) is 0 Å². The van der Waals surface area contributed by atoms with Gasteiger partial charge in [-0.05, 0) is 26.0 Å². The summed E-state index contributed by atoms with van der Waals surface area (Å²) < 4.78 is 35.1. The van der Waals surface area contributed by atoms with Crippen LogP contribution in [0.5, 0.6) is 0 Å². The molecule has 0 fully saturated rings. The normalized spacial score (nSPS) is 16.0. The molecule has 0 saturated heterocycles. The lowest BCUT2D eigenvalue weighted by Gasteiger charge is -2.15. The van der Waals surface area contributed by atoms with Gasteiger partial charge in [-0.25, -0.2) is 8.42 Å². The smallest absolute Gasteiger partial charge is 0.209 e. The first-order chi connectivity index (χ1) is 12.8. The summed E-state index contributed by atoms with van der Waals surface area (Å²) in [6.45, 7) is 4.78. The highest BCUT2D eigenvalue weighted by Crippen LogP contribution is 2.39. The van der Waals surface area contributed by atoms with Crippen LogP contribution in [0.1, 0.15) is 25.8 Å². The standard InChI is InChI=1S/C21H24N2O3S/c1-21(2)18-11-6-7-12-19(18)23(15-8-16-27(24,25)26)20(21)13-14-22-17-9-4-3-5-10-17/h3-7,9-14H,8,15-16H2,1-2H3,(H,24,25,26). The van der Waals surface area contributed by atoms with E-state index >= 15 is 0 Å². The monoisotopic (exact) mass is 384 g/mol. The van der Waals surface area contributed by atoms with Crippen molar-refractivity contribution in [3.63, 3.8) is 0 Å². The molecule has 0 atom stereocenters. The zero-order valence-corrected chi connectivity index (χ0v) is 16.4. The fourth-order valence-corrected chi connectivity index (χ4v) is 4.02. The van der Waals surface area contributed by atoms with Crippen LogP contribution in [0.15, 0.2) is 66.9 Å². The number of benzene rings is 2. The van der Waals surface area contributed by atoms with Crippen molar-refractivity contribution in [1.29, 1.82) is 0 Å². The second-order valence-corrected chi connectivity index (χ2v) is 8.66. The fourth-order valence-electron chi connectivity index (χ4n) is 3.53. The zero-order valence-electron chi connectivity index (χ0n) is 15.6. The molecule has 3 rings (SSSR count). The van der Waals surface area contributed by atoms with Gasteiger partial charge in [0.1, 0.15) is 6.54 Å². The average Bonchev–Trinajstić information content (AvgIpc) is 2.83. The van der Waals surface area contributed by atoms with Crippen LogP contribution in [0.4, 0.5) is 11.4 Å². The molecular formula is C21H24N2O3S. The molecule has 5 nitrogen and oxygen atoms in total. The molecule has 0 aromatic heterocycles. The SMILES string of the molecule is CC1(C)C(/C=C/Nc2ccccc2)=[N+](CCCS(=O)(=O)[O-])c2ccccc21. The Balaban J connectivity index is 1.90. The van der Waals surface area contributed by atoms with E-state index in [-0.39, 0.29) is 11.2 Å². The van der Waals surface area contributed by atoms with Crippen LogP contribution in [0.3, 0.4) is 0 Å². The van der Waals surface area contributed by atoms with E-state index in [1.165, 1.54) is 5.56 Å². The Morgan fingerprint density at radius 2 is 1.74 bits per heavy atom. The fraction of sp³-hybridized carbons (Fsp3) is 0.286. The molecule has 1 N–H and O–H groups in total. The number of hydrogen-bond donors (Lipinski definition) is 1. The van der Waals surface area contributed by atoms with Gasteiger partial charge in [0.25, 0.3) is 0 Å². The van der Waals surface area contributed by atoms with Crippen LogP contribution in [0.2, 0.25) is 0 Å². The molecule has 0 bridgehead atoms. The van der Waals surface area contributed by atoms with E-state index in [9.17, 15) is 13.0 Å². The Bertz CT molecular complexity index is 977. The van der Waals surface area contributed by atoms with Crippen molar-refractivity contribution < 1.29 is 17.5 Å². The largest absolute Gasteiger partial charge is 0.748 e. The van der Waals surface area contributed by atoms with Gasteiger partial charge in [0.15, 0.2) is 5.71 Å². The first-order valence-electron chi connectivity index (χ1n) is 8.95. The van der Waals surface area contributed by atoms with Crippen molar-refractivity contribution in [2.75, 3.05) is 17.6 Å². The topological polar surface area (TPSA) is 72.2 Å². The summed E-state index contributed by atoms with van der Waals surface area (Å²) in [5.41, 5.74) is 4.09. The Labute approximate surface area is 160 Å². The van der Waals surface area contributed by atoms with Gasteiger partial charge < -0.3 is 9.87 Å². The summed E-state index contributed by atoms with van der Waals surface area (Å²) in [5.74, 6) is -0.356. The highest BCUT2D eigenvalue weighted by Gasteiger charge is 2.43. The number of nitrogens with one attached hydrogen (secondary N) is 1. The minimum Gasteiger partial charge on any atom is -0.748 e. The van der Waals surface area contributed by atoms with E-state index in [0.717, 1.165) is 17.1 Å². The van der Waals surface area contributed by atoms with Gasteiger partial charge in [-0.2, -0.15) is 4.58 Å². The van der Waals surface area contributed by atoms with Crippen molar-refractivity contribution >= 4 is 27.2 Å².